The Balaban J connectivity index is 1.81. The number of benzene rings is 1. The molecular weight excluding hydrogens is 272 g/mol. The Kier molecular flexibility index (Phi) is 3.56. The van der Waals surface area contributed by atoms with Crippen molar-refractivity contribution in [3.8, 4) is 0 Å². The van der Waals surface area contributed by atoms with Gasteiger partial charge in [-0.25, -0.2) is 4.98 Å². The zero-order valence-corrected chi connectivity index (χ0v) is 12.0. The number of thiazole rings is 1. The van der Waals surface area contributed by atoms with E-state index >= 15 is 0 Å². The van der Waals surface area contributed by atoms with Crippen LogP contribution in [0.4, 0.5) is 16.5 Å². The molecule has 20 heavy (non-hydrogen) atoms. The van der Waals surface area contributed by atoms with Crippen LogP contribution in [0.2, 0.25) is 0 Å². The highest BCUT2D eigenvalue weighted by atomic mass is 32.1. The summed E-state index contributed by atoms with van der Waals surface area (Å²) in [5.41, 5.74) is 1.94. The molecule has 0 spiro atoms. The molecule has 0 radical (unpaired) electrons. The first-order valence-corrected chi connectivity index (χ1v) is 7.40. The summed E-state index contributed by atoms with van der Waals surface area (Å²) < 4.78 is 0. The van der Waals surface area contributed by atoms with E-state index in [-0.39, 0.29) is 5.91 Å². The van der Waals surface area contributed by atoms with Crippen molar-refractivity contribution in [1.29, 1.82) is 0 Å². The van der Waals surface area contributed by atoms with Gasteiger partial charge in [0.15, 0.2) is 5.13 Å². The zero-order chi connectivity index (χ0) is 13.9. The predicted molar refractivity (Wildman–Crippen MR) is 82.4 cm³/mol. The summed E-state index contributed by atoms with van der Waals surface area (Å²) in [5, 5.41) is 7.03. The van der Waals surface area contributed by atoms with Crippen LogP contribution in [0.25, 0.3) is 0 Å². The van der Waals surface area contributed by atoms with Crippen LogP contribution in [0.1, 0.15) is 11.8 Å². The number of hydrogen-bond acceptors (Lipinski definition) is 5. The van der Waals surface area contributed by atoms with Crippen LogP contribution in [0.15, 0.2) is 30.5 Å². The normalized spacial score (nSPS) is 13.8. The molecule has 1 aliphatic rings. The van der Waals surface area contributed by atoms with Crippen LogP contribution in [0, 0.1) is 0 Å². The van der Waals surface area contributed by atoms with Gasteiger partial charge in [-0.1, -0.05) is 12.1 Å². The van der Waals surface area contributed by atoms with Crippen molar-refractivity contribution in [3.05, 3.63) is 35.3 Å². The Bertz CT molecular complexity index is 625. The van der Waals surface area contributed by atoms with Crippen LogP contribution in [-0.4, -0.2) is 24.0 Å². The zero-order valence-electron chi connectivity index (χ0n) is 11.2. The van der Waals surface area contributed by atoms with Gasteiger partial charge in [-0.05, 0) is 19.1 Å². The fourth-order valence-electron chi connectivity index (χ4n) is 2.25. The van der Waals surface area contributed by atoms with E-state index in [4.69, 9.17) is 0 Å². The Morgan fingerprint density at radius 1 is 1.45 bits per heavy atom. The van der Waals surface area contributed by atoms with Gasteiger partial charge in [0.25, 0.3) is 0 Å². The number of aromatic nitrogens is 1. The lowest BCUT2D eigenvalue weighted by Crippen LogP contribution is -2.37. The predicted octanol–water partition coefficient (Wildman–Crippen LogP) is 2.53. The second-order valence-corrected chi connectivity index (χ2v) is 5.70. The monoisotopic (exact) mass is 288 g/mol. The first-order valence-electron chi connectivity index (χ1n) is 6.58. The highest BCUT2D eigenvalue weighted by Crippen LogP contribution is 2.31. The summed E-state index contributed by atoms with van der Waals surface area (Å²) in [6, 6.07) is 7.87. The number of carbonyl (C=O) groups excluding carboxylic acids is 1. The molecule has 2 aromatic rings. The second kappa shape index (κ2) is 5.50. The van der Waals surface area contributed by atoms with Crippen molar-refractivity contribution in [3.63, 3.8) is 0 Å². The standard InChI is InChI=1S/C14H16N4OS/c1-2-15-14-16-7-10(20-14)8-18-9-13(19)17-11-5-3-4-6-12(11)18/h3-7H,2,8-9H2,1H3,(H,15,16)(H,17,19). The summed E-state index contributed by atoms with van der Waals surface area (Å²) in [6.07, 6.45) is 1.87. The lowest BCUT2D eigenvalue weighted by atomic mass is 10.2. The van der Waals surface area contributed by atoms with E-state index < -0.39 is 0 Å². The summed E-state index contributed by atoms with van der Waals surface area (Å²) in [5.74, 6) is 0.0279. The van der Waals surface area contributed by atoms with Gasteiger partial charge in [0.2, 0.25) is 5.91 Å². The smallest absolute Gasteiger partial charge is 0.243 e. The molecule has 1 aromatic heterocycles. The SMILES string of the molecule is CCNc1ncc(CN2CC(=O)Nc3ccccc32)s1. The number of amides is 1. The van der Waals surface area contributed by atoms with E-state index in [2.05, 4.69) is 20.5 Å². The number of para-hydroxylation sites is 2. The second-order valence-electron chi connectivity index (χ2n) is 4.58. The number of carbonyl (C=O) groups is 1. The molecule has 2 heterocycles. The minimum atomic E-state index is 0.0279. The molecule has 0 atom stereocenters. The van der Waals surface area contributed by atoms with Crippen LogP contribution in [0.5, 0.6) is 0 Å². The highest BCUT2D eigenvalue weighted by molar-refractivity contribution is 7.15. The van der Waals surface area contributed by atoms with Crippen LogP contribution >= 0.6 is 11.3 Å². The molecule has 0 saturated carbocycles. The summed E-state index contributed by atoms with van der Waals surface area (Å²) in [4.78, 5) is 19.3. The van der Waals surface area contributed by atoms with Gasteiger partial charge in [0.1, 0.15) is 0 Å². The number of fused-ring (bicyclic) bond motifs is 1. The summed E-state index contributed by atoms with van der Waals surface area (Å²) in [6.45, 7) is 3.99. The maximum atomic E-state index is 11.8. The van der Waals surface area contributed by atoms with Crippen molar-refractivity contribution in [2.75, 3.05) is 28.6 Å². The first-order chi connectivity index (χ1) is 9.76. The fraction of sp³-hybridized carbons (Fsp3) is 0.286. The van der Waals surface area contributed by atoms with E-state index in [9.17, 15) is 4.79 Å². The lowest BCUT2D eigenvalue weighted by molar-refractivity contribution is -0.115. The molecule has 6 heteroatoms. The van der Waals surface area contributed by atoms with Gasteiger partial charge in [0.05, 0.1) is 24.5 Å². The summed E-state index contributed by atoms with van der Waals surface area (Å²) in [7, 11) is 0. The lowest BCUT2D eigenvalue weighted by Gasteiger charge is -2.30. The largest absolute Gasteiger partial charge is 0.362 e. The van der Waals surface area contributed by atoms with Crippen molar-refractivity contribution in [2.24, 2.45) is 0 Å². The van der Waals surface area contributed by atoms with Crippen LogP contribution < -0.4 is 15.5 Å². The molecule has 1 aliphatic heterocycles. The van der Waals surface area contributed by atoms with Gasteiger partial charge in [-0.15, -0.1) is 11.3 Å². The molecule has 0 saturated heterocycles. The van der Waals surface area contributed by atoms with Crippen molar-refractivity contribution in [1.82, 2.24) is 4.98 Å². The van der Waals surface area contributed by atoms with E-state index in [1.165, 1.54) is 0 Å². The number of rotatable bonds is 4. The Labute approximate surface area is 121 Å². The molecule has 0 bridgehead atoms. The third-order valence-electron chi connectivity index (χ3n) is 3.08. The molecule has 0 aliphatic carbocycles. The molecule has 5 nitrogen and oxygen atoms in total. The highest BCUT2D eigenvalue weighted by Gasteiger charge is 2.22. The quantitative estimate of drug-likeness (QED) is 0.907. The molecule has 2 N–H and O–H groups in total. The van der Waals surface area contributed by atoms with Crippen LogP contribution in [-0.2, 0) is 11.3 Å². The molecule has 104 valence electrons. The van der Waals surface area contributed by atoms with E-state index in [0.29, 0.717) is 13.1 Å². The number of nitrogens with zero attached hydrogens (tertiary/aromatic N) is 2. The Morgan fingerprint density at radius 3 is 3.15 bits per heavy atom. The Morgan fingerprint density at radius 2 is 2.30 bits per heavy atom. The third kappa shape index (κ3) is 2.60. The molecule has 1 aromatic carbocycles. The third-order valence-corrected chi connectivity index (χ3v) is 4.02. The van der Waals surface area contributed by atoms with E-state index in [1.807, 2.05) is 37.4 Å². The fourth-order valence-corrected chi connectivity index (χ4v) is 3.14. The first kappa shape index (κ1) is 12.9. The number of anilines is 3. The van der Waals surface area contributed by atoms with Gasteiger partial charge >= 0.3 is 0 Å². The summed E-state index contributed by atoms with van der Waals surface area (Å²) >= 11 is 1.63. The number of nitrogens with one attached hydrogen (secondary N) is 2. The minimum absolute atomic E-state index is 0.0279. The van der Waals surface area contributed by atoms with E-state index in [1.54, 1.807) is 11.3 Å². The number of hydrogen-bond donors (Lipinski definition) is 2. The molecule has 0 fully saturated rings. The van der Waals surface area contributed by atoms with E-state index in [0.717, 1.165) is 27.9 Å². The molecule has 3 rings (SSSR count). The van der Waals surface area contributed by atoms with Gasteiger partial charge in [-0.2, -0.15) is 0 Å². The van der Waals surface area contributed by atoms with Crippen molar-refractivity contribution >= 4 is 33.8 Å². The molecule has 0 unspecified atom stereocenters. The van der Waals surface area contributed by atoms with Crippen LogP contribution in [0.3, 0.4) is 0 Å². The minimum Gasteiger partial charge on any atom is -0.362 e. The molecular formula is C14H16N4OS. The van der Waals surface area contributed by atoms with Gasteiger partial charge in [-0.3, -0.25) is 4.79 Å². The van der Waals surface area contributed by atoms with Gasteiger partial charge in [0, 0.05) is 17.6 Å². The molecule has 1 amide bonds. The maximum Gasteiger partial charge on any atom is 0.243 e. The van der Waals surface area contributed by atoms with Crippen molar-refractivity contribution in [2.45, 2.75) is 13.5 Å². The van der Waals surface area contributed by atoms with Gasteiger partial charge < -0.3 is 15.5 Å². The maximum absolute atomic E-state index is 11.8. The topological polar surface area (TPSA) is 57.3 Å². The Hall–Kier alpha value is -2.08. The average molecular weight is 288 g/mol. The van der Waals surface area contributed by atoms with Crippen molar-refractivity contribution < 1.29 is 4.79 Å². The average Bonchev–Trinajstić information content (AvgIpc) is 2.86.